The molecule has 1 aliphatic rings. The van der Waals surface area contributed by atoms with Gasteiger partial charge in [-0.25, -0.2) is 4.98 Å². The fraction of sp³-hybridized carbons (Fsp3) is 0.385. The normalized spacial score (nSPS) is 16.4. The second-order valence-corrected chi connectivity index (χ2v) is 9.08. The lowest BCUT2D eigenvalue weighted by molar-refractivity contribution is -0.137. The highest BCUT2D eigenvalue weighted by molar-refractivity contribution is 5.87. The predicted octanol–water partition coefficient (Wildman–Crippen LogP) is 4.62. The van der Waals surface area contributed by atoms with Crippen molar-refractivity contribution in [2.45, 2.75) is 44.9 Å². The number of pyridine rings is 1. The predicted molar refractivity (Wildman–Crippen MR) is 129 cm³/mol. The highest BCUT2D eigenvalue weighted by Crippen LogP contribution is 2.33. The van der Waals surface area contributed by atoms with E-state index in [0.717, 1.165) is 47.8 Å². The monoisotopic (exact) mass is 445 g/mol. The number of aromatic nitrogens is 3. The van der Waals surface area contributed by atoms with Crippen molar-refractivity contribution in [3.63, 3.8) is 0 Å². The zero-order chi connectivity index (χ0) is 23.4. The number of piperidine rings is 1. The van der Waals surface area contributed by atoms with Crippen molar-refractivity contribution in [2.75, 3.05) is 25.5 Å². The number of nitrogens with zero attached hydrogens (tertiary/aromatic N) is 4. The molecule has 3 aromatic rings. The van der Waals surface area contributed by atoms with Crippen LogP contribution in [0.2, 0.25) is 0 Å². The Hall–Kier alpha value is -3.48. The summed E-state index contributed by atoms with van der Waals surface area (Å²) in [5.74, 6) is 1.81. The van der Waals surface area contributed by atoms with Crippen LogP contribution in [-0.2, 0) is 10.2 Å². The smallest absolute Gasteiger partial charge is 0.232 e. The quantitative estimate of drug-likeness (QED) is 0.597. The van der Waals surface area contributed by atoms with Gasteiger partial charge in [-0.15, -0.1) is 0 Å². The molecule has 1 aromatic carbocycles. The lowest BCUT2D eigenvalue weighted by atomic mass is 9.82. The van der Waals surface area contributed by atoms with Gasteiger partial charge in [-0.2, -0.15) is 0 Å². The van der Waals surface area contributed by atoms with Gasteiger partial charge in [0.15, 0.2) is 0 Å². The zero-order valence-corrected chi connectivity index (χ0v) is 19.7. The Bertz CT molecular complexity index is 1100. The van der Waals surface area contributed by atoms with E-state index in [0.29, 0.717) is 12.4 Å². The van der Waals surface area contributed by atoms with Gasteiger partial charge in [0.05, 0.1) is 18.7 Å². The molecule has 0 aliphatic carbocycles. The lowest BCUT2D eigenvalue weighted by Crippen LogP contribution is -2.47. The molecule has 0 spiro atoms. The van der Waals surface area contributed by atoms with Crippen LogP contribution in [0.25, 0.3) is 0 Å². The second kappa shape index (κ2) is 9.57. The van der Waals surface area contributed by atoms with Gasteiger partial charge in [0, 0.05) is 48.5 Å². The van der Waals surface area contributed by atoms with E-state index in [9.17, 15) is 4.79 Å². The van der Waals surface area contributed by atoms with Crippen molar-refractivity contribution in [1.29, 1.82) is 0 Å². The number of nitrogens with one attached hydrogen (secondary N) is 1. The third-order valence-corrected chi connectivity index (χ3v) is 6.28. The van der Waals surface area contributed by atoms with Crippen LogP contribution in [0, 0.1) is 6.92 Å². The summed E-state index contributed by atoms with van der Waals surface area (Å²) in [6.07, 6.45) is 6.96. The van der Waals surface area contributed by atoms with E-state index in [2.05, 4.69) is 21.4 Å². The number of ether oxygens (including phenoxy) is 1. The Labute approximate surface area is 195 Å². The molecule has 1 atom stereocenters. The van der Waals surface area contributed by atoms with Gasteiger partial charge >= 0.3 is 0 Å². The molecule has 0 saturated carbocycles. The summed E-state index contributed by atoms with van der Waals surface area (Å²) in [4.78, 5) is 28.8. The third-order valence-electron chi connectivity index (χ3n) is 6.28. The molecule has 1 N–H and O–H groups in total. The first-order valence-corrected chi connectivity index (χ1v) is 11.3. The fourth-order valence-corrected chi connectivity index (χ4v) is 4.42. The highest BCUT2D eigenvalue weighted by atomic mass is 16.5. The number of benzene rings is 1. The zero-order valence-electron chi connectivity index (χ0n) is 19.7. The van der Waals surface area contributed by atoms with Crippen LogP contribution in [0.15, 0.2) is 55.0 Å². The number of amides is 1. The van der Waals surface area contributed by atoms with Crippen LogP contribution >= 0.6 is 0 Å². The maximum absolute atomic E-state index is 13.6. The summed E-state index contributed by atoms with van der Waals surface area (Å²) in [6.45, 7) is 7.41. The Kier molecular flexibility index (Phi) is 6.58. The number of hydrogen-bond acceptors (Lipinski definition) is 6. The first-order chi connectivity index (χ1) is 15.9. The van der Waals surface area contributed by atoms with Crippen LogP contribution < -0.4 is 10.1 Å². The van der Waals surface area contributed by atoms with Crippen molar-refractivity contribution in [3.8, 4) is 5.75 Å². The minimum absolute atomic E-state index is 0.142. The minimum Gasteiger partial charge on any atom is -0.497 e. The third kappa shape index (κ3) is 5.13. The lowest BCUT2D eigenvalue weighted by Gasteiger charge is -2.38. The van der Waals surface area contributed by atoms with Crippen molar-refractivity contribution < 1.29 is 9.53 Å². The number of hydrogen-bond donors (Lipinski definition) is 1. The molecule has 1 aliphatic heterocycles. The number of rotatable bonds is 6. The van der Waals surface area contributed by atoms with Crippen LogP contribution in [-0.4, -0.2) is 46.0 Å². The van der Waals surface area contributed by atoms with Crippen molar-refractivity contribution in [3.05, 3.63) is 71.9 Å². The molecule has 0 unspecified atom stereocenters. The van der Waals surface area contributed by atoms with Crippen molar-refractivity contribution >= 4 is 17.4 Å². The van der Waals surface area contributed by atoms with E-state index in [1.165, 1.54) is 0 Å². The van der Waals surface area contributed by atoms with E-state index in [-0.39, 0.29) is 11.8 Å². The largest absolute Gasteiger partial charge is 0.497 e. The van der Waals surface area contributed by atoms with Crippen molar-refractivity contribution in [1.82, 2.24) is 19.9 Å². The molecule has 1 saturated heterocycles. The van der Waals surface area contributed by atoms with E-state index in [4.69, 9.17) is 9.72 Å². The van der Waals surface area contributed by atoms with Gasteiger partial charge in [-0.05, 0) is 63.4 Å². The second-order valence-electron chi connectivity index (χ2n) is 9.08. The van der Waals surface area contributed by atoms with Gasteiger partial charge in [-0.1, -0.05) is 12.1 Å². The number of aryl methyl sites for hydroxylation is 1. The molecule has 7 heteroatoms. The van der Waals surface area contributed by atoms with Crippen LogP contribution in [0.1, 0.15) is 49.6 Å². The molecule has 4 rings (SSSR count). The molecule has 33 heavy (non-hydrogen) atoms. The first-order valence-electron chi connectivity index (χ1n) is 11.3. The van der Waals surface area contributed by atoms with Gasteiger partial charge in [0.2, 0.25) is 5.91 Å². The number of carbonyl (C=O) groups excluding carboxylic acids is 1. The average molecular weight is 446 g/mol. The summed E-state index contributed by atoms with van der Waals surface area (Å²) in [6, 6.07) is 11.8. The van der Waals surface area contributed by atoms with E-state index < -0.39 is 5.41 Å². The topological polar surface area (TPSA) is 80.2 Å². The Morgan fingerprint density at radius 2 is 1.97 bits per heavy atom. The molecule has 7 nitrogen and oxygen atoms in total. The Balaban J connectivity index is 1.51. The number of methoxy groups -OCH3 is 1. The van der Waals surface area contributed by atoms with Gasteiger partial charge < -0.3 is 15.0 Å². The summed E-state index contributed by atoms with van der Waals surface area (Å²) < 4.78 is 5.26. The SMILES string of the molecule is COc1ccc(C(C)(C)C(=O)N2CCC[C@@H](c3cc(Nc4cnccn4)cc(C)n3)C2)cc1. The maximum atomic E-state index is 13.6. The average Bonchev–Trinajstić information content (AvgIpc) is 2.84. The van der Waals surface area contributed by atoms with Gasteiger partial charge in [0.1, 0.15) is 11.6 Å². The number of likely N-dealkylation sites (tertiary alicyclic amines) is 1. The van der Waals surface area contributed by atoms with E-state index in [1.807, 2.05) is 56.0 Å². The van der Waals surface area contributed by atoms with Crippen molar-refractivity contribution in [2.24, 2.45) is 0 Å². The standard InChI is InChI=1S/C26H31N5O2/c1-18-14-21(30-24-16-27-11-12-28-24)15-23(29-18)19-6-5-13-31(17-19)25(32)26(2,3)20-7-9-22(33-4)10-8-20/h7-12,14-16,19H,5-6,13,17H2,1-4H3,(H,28,29,30)/t19-/m1/s1. The number of carbonyl (C=O) groups is 1. The molecule has 1 amide bonds. The summed E-state index contributed by atoms with van der Waals surface area (Å²) >= 11 is 0. The van der Waals surface area contributed by atoms with Crippen LogP contribution in [0.4, 0.5) is 11.5 Å². The summed E-state index contributed by atoms with van der Waals surface area (Å²) in [5.41, 5.74) is 3.23. The molecule has 0 radical (unpaired) electrons. The van der Waals surface area contributed by atoms with Gasteiger partial charge in [0.25, 0.3) is 0 Å². The van der Waals surface area contributed by atoms with Crippen LogP contribution in [0.3, 0.4) is 0 Å². The minimum atomic E-state index is -0.618. The fourth-order valence-electron chi connectivity index (χ4n) is 4.42. The molecular formula is C26H31N5O2. The Morgan fingerprint density at radius 3 is 2.67 bits per heavy atom. The molecular weight excluding hydrogens is 414 g/mol. The Morgan fingerprint density at radius 1 is 1.18 bits per heavy atom. The molecule has 2 aromatic heterocycles. The molecule has 172 valence electrons. The summed E-state index contributed by atoms with van der Waals surface area (Å²) in [5, 5.41) is 3.31. The van der Waals surface area contributed by atoms with Crippen LogP contribution in [0.5, 0.6) is 5.75 Å². The molecule has 1 fully saturated rings. The van der Waals surface area contributed by atoms with E-state index >= 15 is 0 Å². The van der Waals surface area contributed by atoms with Gasteiger partial charge in [-0.3, -0.25) is 14.8 Å². The van der Waals surface area contributed by atoms with E-state index in [1.54, 1.807) is 25.7 Å². The maximum Gasteiger partial charge on any atom is 0.232 e. The highest BCUT2D eigenvalue weighted by Gasteiger charge is 2.36. The molecule has 0 bridgehead atoms. The summed E-state index contributed by atoms with van der Waals surface area (Å²) in [7, 11) is 1.65. The first kappa shape index (κ1) is 22.7. The number of anilines is 2. The molecule has 3 heterocycles.